The van der Waals surface area contributed by atoms with E-state index in [4.69, 9.17) is 17.0 Å². The van der Waals surface area contributed by atoms with E-state index in [1.807, 2.05) is 17.5 Å². The highest BCUT2D eigenvalue weighted by molar-refractivity contribution is 7.89. The van der Waals surface area contributed by atoms with Crippen LogP contribution in [0, 0.1) is 4.77 Å². The smallest absolute Gasteiger partial charge is 0.243 e. The van der Waals surface area contributed by atoms with Gasteiger partial charge >= 0.3 is 0 Å². The van der Waals surface area contributed by atoms with Crippen molar-refractivity contribution in [1.82, 2.24) is 24.4 Å². The Labute approximate surface area is 188 Å². The lowest BCUT2D eigenvalue weighted by molar-refractivity contribution is -0.121. The van der Waals surface area contributed by atoms with Gasteiger partial charge in [0.25, 0.3) is 0 Å². The number of amides is 1. The molecule has 0 bridgehead atoms. The van der Waals surface area contributed by atoms with Crippen molar-refractivity contribution in [3.8, 4) is 10.7 Å². The number of hydrogen-bond donors (Lipinski definition) is 2. The summed E-state index contributed by atoms with van der Waals surface area (Å²) in [6.45, 7) is 1.81. The first-order valence-electron chi connectivity index (χ1n) is 9.58. The summed E-state index contributed by atoms with van der Waals surface area (Å²) in [6, 6.07) is 10.4. The third-order valence-electron chi connectivity index (χ3n) is 4.82. The van der Waals surface area contributed by atoms with Crippen molar-refractivity contribution < 1.29 is 17.9 Å². The zero-order valence-corrected chi connectivity index (χ0v) is 18.9. The number of morpholine rings is 1. The van der Waals surface area contributed by atoms with Gasteiger partial charge in [-0.05, 0) is 41.4 Å². The average Bonchev–Trinajstić information content (AvgIpc) is 3.44. The first-order chi connectivity index (χ1) is 14.9. The average molecular weight is 480 g/mol. The van der Waals surface area contributed by atoms with Gasteiger partial charge in [-0.1, -0.05) is 18.2 Å². The van der Waals surface area contributed by atoms with Crippen LogP contribution >= 0.6 is 23.6 Å². The molecule has 1 fully saturated rings. The maximum Gasteiger partial charge on any atom is 0.243 e. The summed E-state index contributed by atoms with van der Waals surface area (Å²) in [5.41, 5.74) is 0.795. The molecule has 0 atom stereocenters. The molecule has 31 heavy (non-hydrogen) atoms. The first kappa shape index (κ1) is 21.8. The normalized spacial score (nSPS) is 15.1. The molecule has 12 heteroatoms. The minimum Gasteiger partial charge on any atom is -0.379 e. The Morgan fingerprint density at radius 1 is 1.23 bits per heavy atom. The fraction of sp³-hybridized carbons (Fsp3) is 0.316. The van der Waals surface area contributed by atoms with Gasteiger partial charge in [0.2, 0.25) is 15.9 Å². The van der Waals surface area contributed by atoms with Gasteiger partial charge in [0.15, 0.2) is 10.6 Å². The van der Waals surface area contributed by atoms with Crippen LogP contribution in [0.3, 0.4) is 0 Å². The Morgan fingerprint density at radius 3 is 2.65 bits per heavy atom. The van der Waals surface area contributed by atoms with Crippen molar-refractivity contribution in [3.05, 3.63) is 52.1 Å². The molecular formula is C19H21N5O4S3. The number of nitrogens with zero attached hydrogens (tertiary/aromatic N) is 3. The number of nitrogens with one attached hydrogen (secondary N) is 2. The van der Waals surface area contributed by atoms with E-state index in [2.05, 4.69) is 15.5 Å². The number of H-pyrrole nitrogens is 1. The molecule has 0 spiro atoms. The second-order valence-corrected chi connectivity index (χ2v) is 10.1. The predicted molar refractivity (Wildman–Crippen MR) is 119 cm³/mol. The number of sulfonamides is 1. The zero-order valence-electron chi connectivity index (χ0n) is 16.5. The number of ether oxygens (including phenoxy) is 1. The van der Waals surface area contributed by atoms with Crippen LogP contribution in [0.15, 0.2) is 46.7 Å². The van der Waals surface area contributed by atoms with Crippen LogP contribution in [-0.2, 0) is 32.6 Å². The van der Waals surface area contributed by atoms with Gasteiger partial charge in [-0.25, -0.2) is 8.42 Å². The molecule has 0 radical (unpaired) electrons. The van der Waals surface area contributed by atoms with Gasteiger partial charge in [-0.3, -0.25) is 14.5 Å². The molecular weight excluding hydrogens is 458 g/mol. The molecule has 0 aliphatic carbocycles. The first-order valence-corrected chi connectivity index (χ1v) is 12.3. The summed E-state index contributed by atoms with van der Waals surface area (Å²) >= 11 is 6.76. The number of hydrogen-bond acceptors (Lipinski definition) is 7. The van der Waals surface area contributed by atoms with E-state index >= 15 is 0 Å². The van der Waals surface area contributed by atoms with Crippen LogP contribution in [0.2, 0.25) is 0 Å². The van der Waals surface area contributed by atoms with Gasteiger partial charge in [-0.2, -0.15) is 9.40 Å². The molecule has 1 aliphatic heterocycles. The number of thiophene rings is 1. The lowest BCUT2D eigenvalue weighted by atomic mass is 10.2. The molecule has 1 aliphatic rings. The largest absolute Gasteiger partial charge is 0.379 e. The number of aromatic amines is 1. The molecule has 3 heterocycles. The van der Waals surface area contributed by atoms with E-state index < -0.39 is 10.0 Å². The SMILES string of the molecule is O=C(Cn1c(-c2cccs2)n[nH]c1=S)NCc1ccc(S(=O)(=O)N2CCOCC2)cc1. The van der Waals surface area contributed by atoms with Gasteiger partial charge in [0.1, 0.15) is 6.54 Å². The Kier molecular flexibility index (Phi) is 6.62. The molecule has 1 amide bonds. The third-order valence-corrected chi connectivity index (χ3v) is 7.91. The van der Waals surface area contributed by atoms with E-state index in [1.165, 1.54) is 15.6 Å². The minimum absolute atomic E-state index is 0.0338. The van der Waals surface area contributed by atoms with Gasteiger partial charge in [0, 0.05) is 19.6 Å². The highest BCUT2D eigenvalue weighted by atomic mass is 32.2. The second kappa shape index (κ2) is 9.40. The number of benzene rings is 1. The van der Waals surface area contributed by atoms with Crippen LogP contribution in [0.25, 0.3) is 10.7 Å². The van der Waals surface area contributed by atoms with Crippen LogP contribution in [0.1, 0.15) is 5.56 Å². The maximum atomic E-state index is 12.7. The van der Waals surface area contributed by atoms with E-state index in [-0.39, 0.29) is 23.9 Å². The lowest BCUT2D eigenvalue weighted by Gasteiger charge is -2.26. The molecule has 164 valence electrons. The second-order valence-electron chi connectivity index (χ2n) is 6.85. The maximum absolute atomic E-state index is 12.7. The van der Waals surface area contributed by atoms with Crippen molar-refractivity contribution in [2.24, 2.45) is 0 Å². The monoisotopic (exact) mass is 479 g/mol. The summed E-state index contributed by atoms with van der Waals surface area (Å²) in [6.07, 6.45) is 0. The highest BCUT2D eigenvalue weighted by Crippen LogP contribution is 2.22. The molecule has 0 unspecified atom stereocenters. The van der Waals surface area contributed by atoms with Gasteiger partial charge in [-0.15, -0.1) is 11.3 Å². The standard InChI is InChI=1S/C19H21N5O4S3/c25-17(13-24-18(21-22-19(24)29)16-2-1-11-30-16)20-12-14-3-5-15(6-4-14)31(26,27)23-7-9-28-10-8-23/h1-6,11H,7-10,12-13H2,(H,20,25)(H,22,29). The van der Waals surface area contributed by atoms with Crippen molar-refractivity contribution in [3.63, 3.8) is 0 Å². The molecule has 4 rings (SSSR count). The Balaban J connectivity index is 1.37. The van der Waals surface area contributed by atoms with Crippen LogP contribution in [-0.4, -0.2) is 59.7 Å². The molecule has 3 aromatic rings. The van der Waals surface area contributed by atoms with E-state index in [0.717, 1.165) is 10.4 Å². The number of rotatable bonds is 7. The summed E-state index contributed by atoms with van der Waals surface area (Å²) in [5, 5.41) is 11.7. The molecule has 0 saturated carbocycles. The molecule has 1 saturated heterocycles. The quantitative estimate of drug-likeness (QED) is 0.502. The summed E-state index contributed by atoms with van der Waals surface area (Å²) < 4.78 is 34.0. The molecule has 9 nitrogen and oxygen atoms in total. The highest BCUT2D eigenvalue weighted by Gasteiger charge is 2.26. The van der Waals surface area contributed by atoms with E-state index in [9.17, 15) is 13.2 Å². The molecule has 1 aromatic carbocycles. The Hall–Kier alpha value is -2.38. The minimum atomic E-state index is -3.53. The number of aromatic nitrogens is 3. The van der Waals surface area contributed by atoms with E-state index in [0.29, 0.717) is 36.9 Å². The zero-order chi connectivity index (χ0) is 21.8. The van der Waals surface area contributed by atoms with Crippen molar-refractivity contribution in [2.45, 2.75) is 18.0 Å². The van der Waals surface area contributed by atoms with Crippen molar-refractivity contribution >= 4 is 39.5 Å². The Bertz CT molecular complexity index is 1190. The van der Waals surface area contributed by atoms with E-state index in [1.54, 1.807) is 28.8 Å². The predicted octanol–water partition coefficient (Wildman–Crippen LogP) is 2.01. The van der Waals surface area contributed by atoms with Crippen LogP contribution in [0.4, 0.5) is 0 Å². The van der Waals surface area contributed by atoms with Gasteiger partial charge in [0.05, 0.1) is 23.0 Å². The van der Waals surface area contributed by atoms with Gasteiger partial charge < -0.3 is 10.1 Å². The summed E-state index contributed by atoms with van der Waals surface area (Å²) in [4.78, 5) is 13.6. The summed E-state index contributed by atoms with van der Waals surface area (Å²) in [7, 11) is -3.53. The summed E-state index contributed by atoms with van der Waals surface area (Å²) in [5.74, 6) is 0.396. The number of carbonyl (C=O) groups is 1. The van der Waals surface area contributed by atoms with Crippen LogP contribution < -0.4 is 5.32 Å². The van der Waals surface area contributed by atoms with Crippen molar-refractivity contribution in [2.75, 3.05) is 26.3 Å². The molecule has 2 N–H and O–H groups in total. The van der Waals surface area contributed by atoms with Crippen LogP contribution in [0.5, 0.6) is 0 Å². The number of carbonyl (C=O) groups excluding carboxylic acids is 1. The fourth-order valence-corrected chi connectivity index (χ4v) is 5.50. The Morgan fingerprint density at radius 2 is 1.97 bits per heavy atom. The third kappa shape index (κ3) is 4.93. The lowest BCUT2D eigenvalue weighted by Crippen LogP contribution is -2.40. The fourth-order valence-electron chi connectivity index (χ4n) is 3.17. The topological polar surface area (TPSA) is 109 Å². The molecule has 2 aromatic heterocycles. The van der Waals surface area contributed by atoms with Crippen molar-refractivity contribution in [1.29, 1.82) is 0 Å².